The van der Waals surface area contributed by atoms with Crippen molar-refractivity contribution < 1.29 is 8.42 Å². The molecule has 1 aromatic rings. The lowest BCUT2D eigenvalue weighted by Crippen LogP contribution is -2.47. The Morgan fingerprint density at radius 3 is 2.86 bits per heavy atom. The maximum atomic E-state index is 11.6. The van der Waals surface area contributed by atoms with E-state index in [0.29, 0.717) is 12.5 Å². The molecule has 1 aromatic heterocycles. The molecule has 0 bridgehead atoms. The molecule has 1 atom stereocenters. The second-order valence-corrected chi connectivity index (χ2v) is 7.84. The molecule has 0 spiro atoms. The lowest BCUT2D eigenvalue weighted by atomic mass is 10.2. The van der Waals surface area contributed by atoms with Crippen molar-refractivity contribution in [2.24, 2.45) is 0 Å². The molecule has 0 aromatic carbocycles. The number of aryl methyl sites for hydroxylation is 1. The first-order valence-corrected chi connectivity index (χ1v) is 9.25. The topological polar surface area (TPSA) is 75.2 Å². The van der Waals surface area contributed by atoms with Crippen LogP contribution >= 0.6 is 0 Å². The van der Waals surface area contributed by atoms with Crippen molar-refractivity contribution in [2.45, 2.75) is 39.8 Å². The Labute approximate surface area is 126 Å². The number of rotatable bonds is 5. The molecule has 2 rings (SSSR count). The summed E-state index contributed by atoms with van der Waals surface area (Å²) in [6.45, 7) is 8.22. The molecule has 0 radical (unpaired) electrons. The van der Waals surface area contributed by atoms with Crippen LogP contribution in [0.1, 0.15) is 31.5 Å². The fraction of sp³-hybridized carbons (Fsp3) is 0.714. The van der Waals surface area contributed by atoms with Gasteiger partial charge in [-0.05, 0) is 26.8 Å². The summed E-state index contributed by atoms with van der Waals surface area (Å²) in [6, 6.07) is -0.0767. The van der Waals surface area contributed by atoms with Crippen molar-refractivity contribution in [2.75, 3.05) is 29.5 Å². The van der Waals surface area contributed by atoms with E-state index in [-0.39, 0.29) is 17.5 Å². The van der Waals surface area contributed by atoms with Crippen LogP contribution in [-0.4, -0.2) is 49.0 Å². The van der Waals surface area contributed by atoms with E-state index in [1.54, 1.807) is 0 Å². The van der Waals surface area contributed by atoms with Crippen LogP contribution in [0.5, 0.6) is 0 Å². The molecule has 1 saturated heterocycles. The van der Waals surface area contributed by atoms with Crippen molar-refractivity contribution in [3.05, 3.63) is 17.5 Å². The second kappa shape index (κ2) is 6.70. The van der Waals surface area contributed by atoms with Gasteiger partial charge in [0.05, 0.1) is 11.5 Å². The first-order valence-electron chi connectivity index (χ1n) is 7.43. The summed E-state index contributed by atoms with van der Waals surface area (Å²) < 4.78 is 23.3. The average molecular weight is 312 g/mol. The molecule has 1 aliphatic heterocycles. The first kappa shape index (κ1) is 16.2. The van der Waals surface area contributed by atoms with Gasteiger partial charge >= 0.3 is 0 Å². The zero-order chi connectivity index (χ0) is 15.5. The number of sulfone groups is 1. The monoisotopic (exact) mass is 312 g/mol. The largest absolute Gasteiger partial charge is 0.336 e. The Morgan fingerprint density at radius 2 is 2.24 bits per heavy atom. The summed E-state index contributed by atoms with van der Waals surface area (Å²) in [7, 11) is -2.91. The number of nitrogens with zero attached hydrogens (tertiary/aromatic N) is 3. The van der Waals surface area contributed by atoms with Gasteiger partial charge in [-0.25, -0.2) is 18.4 Å². The van der Waals surface area contributed by atoms with E-state index < -0.39 is 9.84 Å². The van der Waals surface area contributed by atoms with Gasteiger partial charge in [0.1, 0.15) is 0 Å². The van der Waals surface area contributed by atoms with Crippen LogP contribution in [0.2, 0.25) is 0 Å². The van der Waals surface area contributed by atoms with Gasteiger partial charge in [0.15, 0.2) is 9.84 Å². The van der Waals surface area contributed by atoms with E-state index >= 15 is 0 Å². The standard InChI is InChI=1S/C14H24N4O2S/c1-4-5-15-8-13-9-16-14(17-12(13)3)18-6-7-21(19,20)10-11(18)2/h9,11,15H,4-8,10H2,1-3H3. The van der Waals surface area contributed by atoms with Gasteiger partial charge in [-0.3, -0.25) is 0 Å². The van der Waals surface area contributed by atoms with Crippen LogP contribution in [0.15, 0.2) is 6.20 Å². The average Bonchev–Trinajstić information content (AvgIpc) is 2.40. The van der Waals surface area contributed by atoms with Gasteiger partial charge in [0.25, 0.3) is 0 Å². The maximum absolute atomic E-state index is 11.6. The van der Waals surface area contributed by atoms with Crippen molar-refractivity contribution >= 4 is 15.8 Å². The molecule has 0 aliphatic carbocycles. The number of nitrogens with one attached hydrogen (secondary N) is 1. The van der Waals surface area contributed by atoms with E-state index in [4.69, 9.17) is 0 Å². The minimum Gasteiger partial charge on any atom is -0.336 e. The Kier molecular flexibility index (Phi) is 5.16. The molecule has 6 nitrogen and oxygen atoms in total. The fourth-order valence-corrected chi connectivity index (χ4v) is 4.04. The Hall–Kier alpha value is -1.21. The molecule has 1 fully saturated rings. The van der Waals surface area contributed by atoms with Crippen LogP contribution < -0.4 is 10.2 Å². The highest BCUT2D eigenvalue weighted by Gasteiger charge is 2.29. The van der Waals surface area contributed by atoms with Gasteiger partial charge < -0.3 is 10.2 Å². The number of hydrogen-bond donors (Lipinski definition) is 1. The number of hydrogen-bond acceptors (Lipinski definition) is 6. The highest BCUT2D eigenvalue weighted by Crippen LogP contribution is 2.18. The minimum absolute atomic E-state index is 0.0767. The van der Waals surface area contributed by atoms with Crippen LogP contribution in [-0.2, 0) is 16.4 Å². The van der Waals surface area contributed by atoms with Crippen LogP contribution in [0, 0.1) is 6.92 Å². The smallest absolute Gasteiger partial charge is 0.225 e. The van der Waals surface area contributed by atoms with Crippen molar-refractivity contribution in [3.8, 4) is 0 Å². The normalized spacial score (nSPS) is 21.5. The summed E-state index contributed by atoms with van der Waals surface area (Å²) in [4.78, 5) is 11.0. The second-order valence-electron chi connectivity index (χ2n) is 5.61. The molecule has 2 heterocycles. The van der Waals surface area contributed by atoms with Crippen LogP contribution in [0.4, 0.5) is 5.95 Å². The molecule has 1 unspecified atom stereocenters. The highest BCUT2D eigenvalue weighted by molar-refractivity contribution is 7.91. The molecular formula is C14H24N4O2S. The Balaban J connectivity index is 2.09. The molecule has 7 heteroatoms. The number of anilines is 1. The quantitative estimate of drug-likeness (QED) is 0.815. The lowest BCUT2D eigenvalue weighted by Gasteiger charge is -2.33. The predicted molar refractivity (Wildman–Crippen MR) is 84.2 cm³/mol. The molecule has 118 valence electrons. The Morgan fingerprint density at radius 1 is 1.48 bits per heavy atom. The summed E-state index contributed by atoms with van der Waals surface area (Å²) >= 11 is 0. The lowest BCUT2D eigenvalue weighted by molar-refractivity contribution is 0.564. The van der Waals surface area contributed by atoms with E-state index in [1.165, 1.54) is 0 Å². The summed E-state index contributed by atoms with van der Waals surface area (Å²) in [6.07, 6.45) is 2.94. The van der Waals surface area contributed by atoms with E-state index in [9.17, 15) is 8.42 Å². The zero-order valence-corrected chi connectivity index (χ0v) is 13.8. The van der Waals surface area contributed by atoms with Crippen molar-refractivity contribution in [3.63, 3.8) is 0 Å². The van der Waals surface area contributed by atoms with E-state index in [1.807, 2.05) is 24.9 Å². The summed E-state index contributed by atoms with van der Waals surface area (Å²) in [5, 5.41) is 3.34. The third-order valence-corrected chi connectivity index (χ3v) is 5.53. The minimum atomic E-state index is -2.91. The van der Waals surface area contributed by atoms with E-state index in [0.717, 1.165) is 30.8 Å². The van der Waals surface area contributed by atoms with Gasteiger partial charge in [-0.2, -0.15) is 0 Å². The molecule has 1 aliphatic rings. The fourth-order valence-electron chi connectivity index (χ4n) is 2.49. The molecule has 0 saturated carbocycles. The van der Waals surface area contributed by atoms with Crippen LogP contribution in [0.25, 0.3) is 0 Å². The molecule has 1 N–H and O–H groups in total. The predicted octanol–water partition coefficient (Wildman–Crippen LogP) is 0.908. The third-order valence-electron chi connectivity index (χ3n) is 3.74. The molecular weight excluding hydrogens is 288 g/mol. The zero-order valence-electron chi connectivity index (χ0n) is 13.0. The maximum Gasteiger partial charge on any atom is 0.225 e. The SMILES string of the molecule is CCCNCc1cnc(N2CCS(=O)(=O)CC2C)nc1C. The summed E-state index contributed by atoms with van der Waals surface area (Å²) in [5.41, 5.74) is 2.04. The van der Waals surface area contributed by atoms with Gasteiger partial charge in [0.2, 0.25) is 5.95 Å². The number of aromatic nitrogens is 2. The highest BCUT2D eigenvalue weighted by atomic mass is 32.2. The van der Waals surface area contributed by atoms with Crippen molar-refractivity contribution in [1.82, 2.24) is 15.3 Å². The third kappa shape index (κ3) is 4.14. The Bertz CT molecular complexity index is 589. The van der Waals surface area contributed by atoms with Crippen LogP contribution in [0.3, 0.4) is 0 Å². The van der Waals surface area contributed by atoms with Crippen molar-refractivity contribution in [1.29, 1.82) is 0 Å². The van der Waals surface area contributed by atoms with Gasteiger partial charge in [-0.1, -0.05) is 6.92 Å². The van der Waals surface area contributed by atoms with Gasteiger partial charge in [-0.15, -0.1) is 0 Å². The van der Waals surface area contributed by atoms with Gasteiger partial charge in [0, 0.05) is 36.6 Å². The first-order chi connectivity index (χ1) is 9.93. The molecule has 21 heavy (non-hydrogen) atoms. The molecule has 0 amide bonds. The van der Waals surface area contributed by atoms with E-state index in [2.05, 4.69) is 22.2 Å². The summed E-state index contributed by atoms with van der Waals surface area (Å²) in [5.74, 6) is 0.989.